The van der Waals surface area contributed by atoms with E-state index in [-0.39, 0.29) is 0 Å². The first-order valence-electron chi connectivity index (χ1n) is 5.80. The quantitative estimate of drug-likeness (QED) is 0.832. The molecule has 6 nitrogen and oxygen atoms in total. The lowest BCUT2D eigenvalue weighted by atomic mass is 10.4. The summed E-state index contributed by atoms with van der Waals surface area (Å²) in [5, 5.41) is 8.94. The lowest BCUT2D eigenvalue weighted by Crippen LogP contribution is -2.05. The second kappa shape index (κ2) is 5.81. The van der Waals surface area contributed by atoms with Crippen molar-refractivity contribution in [2.24, 2.45) is 7.05 Å². The average Bonchev–Trinajstić information content (AvgIpc) is 2.76. The number of anilines is 1. The largest absolute Gasteiger partial charge is 0.354 e. The van der Waals surface area contributed by atoms with Gasteiger partial charge in [0.05, 0.1) is 0 Å². The maximum absolute atomic E-state index is 4.49. The van der Waals surface area contributed by atoms with E-state index < -0.39 is 0 Å². The zero-order valence-corrected chi connectivity index (χ0v) is 11.5. The number of rotatable bonds is 5. The molecule has 7 heteroatoms. The molecule has 0 aliphatic heterocycles. The Morgan fingerprint density at radius 3 is 2.89 bits per heavy atom. The van der Waals surface area contributed by atoms with Gasteiger partial charge in [-0.25, -0.2) is 19.6 Å². The molecular weight excluding hydrogens is 248 g/mol. The van der Waals surface area contributed by atoms with Gasteiger partial charge in [0.25, 0.3) is 0 Å². The summed E-state index contributed by atoms with van der Waals surface area (Å²) in [6.45, 7) is 4.97. The number of hydrogen-bond acceptors (Lipinski definition) is 6. The summed E-state index contributed by atoms with van der Waals surface area (Å²) in [6, 6.07) is 0. The average molecular weight is 264 g/mol. The van der Waals surface area contributed by atoms with Crippen LogP contribution in [0.25, 0.3) is 0 Å². The Morgan fingerprint density at radius 2 is 2.22 bits per heavy atom. The Balaban J connectivity index is 2.18. The van der Waals surface area contributed by atoms with Crippen molar-refractivity contribution in [2.45, 2.75) is 30.5 Å². The highest BCUT2D eigenvalue weighted by Gasteiger charge is 2.09. The third-order valence-electron chi connectivity index (χ3n) is 2.32. The first-order valence-corrected chi connectivity index (χ1v) is 6.61. The fourth-order valence-electron chi connectivity index (χ4n) is 1.32. The third kappa shape index (κ3) is 2.98. The molecule has 2 rings (SSSR count). The van der Waals surface area contributed by atoms with Crippen LogP contribution in [0.15, 0.2) is 22.7 Å². The summed E-state index contributed by atoms with van der Waals surface area (Å²) in [4.78, 5) is 12.9. The molecule has 0 spiro atoms. The van der Waals surface area contributed by atoms with Gasteiger partial charge in [0.2, 0.25) is 5.95 Å². The molecule has 1 N–H and O–H groups in total. The van der Waals surface area contributed by atoms with Crippen LogP contribution in [0, 0.1) is 6.92 Å². The van der Waals surface area contributed by atoms with E-state index in [0.29, 0.717) is 5.95 Å². The molecule has 0 fully saturated rings. The minimum Gasteiger partial charge on any atom is -0.354 e. The van der Waals surface area contributed by atoms with Crippen molar-refractivity contribution in [3.05, 3.63) is 18.1 Å². The van der Waals surface area contributed by atoms with E-state index in [4.69, 9.17) is 0 Å². The van der Waals surface area contributed by atoms with Gasteiger partial charge >= 0.3 is 0 Å². The number of nitrogens with one attached hydrogen (secondary N) is 1. The molecule has 18 heavy (non-hydrogen) atoms. The van der Waals surface area contributed by atoms with Crippen LogP contribution in [0.3, 0.4) is 0 Å². The summed E-state index contributed by atoms with van der Waals surface area (Å²) < 4.78 is 1.73. The molecule has 0 saturated heterocycles. The predicted octanol–water partition coefficient (Wildman–Crippen LogP) is 1.89. The Morgan fingerprint density at radius 1 is 1.39 bits per heavy atom. The fraction of sp³-hybridized carbons (Fsp3) is 0.455. The van der Waals surface area contributed by atoms with E-state index in [0.717, 1.165) is 28.7 Å². The Labute approximate surface area is 110 Å². The van der Waals surface area contributed by atoms with Gasteiger partial charge < -0.3 is 5.32 Å². The van der Waals surface area contributed by atoms with Gasteiger partial charge in [-0.1, -0.05) is 6.92 Å². The van der Waals surface area contributed by atoms with Gasteiger partial charge in [-0.15, -0.1) is 0 Å². The normalized spacial score (nSPS) is 10.6. The van der Waals surface area contributed by atoms with E-state index in [1.165, 1.54) is 18.1 Å². The van der Waals surface area contributed by atoms with Gasteiger partial charge in [-0.2, -0.15) is 5.10 Å². The van der Waals surface area contributed by atoms with Crippen molar-refractivity contribution in [1.29, 1.82) is 0 Å². The van der Waals surface area contributed by atoms with Crippen LogP contribution in [0.4, 0.5) is 5.95 Å². The van der Waals surface area contributed by atoms with E-state index in [2.05, 4.69) is 32.3 Å². The van der Waals surface area contributed by atoms with Crippen LogP contribution in [0.5, 0.6) is 0 Å². The second-order valence-corrected chi connectivity index (χ2v) is 4.83. The Kier molecular flexibility index (Phi) is 4.14. The maximum atomic E-state index is 4.49. The molecule has 0 unspecified atom stereocenters. The van der Waals surface area contributed by atoms with Crippen molar-refractivity contribution < 1.29 is 0 Å². The number of hydrogen-bond donors (Lipinski definition) is 1. The van der Waals surface area contributed by atoms with Gasteiger partial charge in [0.15, 0.2) is 5.16 Å². The Bertz CT molecular complexity index is 524. The van der Waals surface area contributed by atoms with Gasteiger partial charge in [-0.3, -0.25) is 0 Å². The lowest BCUT2D eigenvalue weighted by molar-refractivity contribution is 0.684. The number of aryl methyl sites for hydroxylation is 2. The van der Waals surface area contributed by atoms with Crippen molar-refractivity contribution in [3.8, 4) is 0 Å². The molecule has 0 aliphatic carbocycles. The lowest BCUT2D eigenvalue weighted by Gasteiger charge is -2.07. The SMILES string of the molecule is CCCNc1ncc(C)c(Sc2ncnn2C)n1. The second-order valence-electron chi connectivity index (χ2n) is 3.88. The van der Waals surface area contributed by atoms with Crippen LogP contribution in [0.1, 0.15) is 18.9 Å². The molecule has 2 aromatic rings. The molecule has 0 atom stereocenters. The first kappa shape index (κ1) is 12.8. The summed E-state index contributed by atoms with van der Waals surface area (Å²) in [6.07, 6.45) is 4.40. The minimum absolute atomic E-state index is 0.659. The topological polar surface area (TPSA) is 68.5 Å². The highest BCUT2D eigenvalue weighted by molar-refractivity contribution is 7.99. The molecule has 0 amide bonds. The third-order valence-corrected chi connectivity index (χ3v) is 3.48. The predicted molar refractivity (Wildman–Crippen MR) is 70.7 cm³/mol. The van der Waals surface area contributed by atoms with Crippen LogP contribution in [-0.4, -0.2) is 31.3 Å². The van der Waals surface area contributed by atoms with Crippen LogP contribution < -0.4 is 5.32 Å². The first-order chi connectivity index (χ1) is 8.70. The highest BCUT2D eigenvalue weighted by atomic mass is 32.2. The molecule has 0 radical (unpaired) electrons. The summed E-state index contributed by atoms with van der Waals surface area (Å²) >= 11 is 1.49. The smallest absolute Gasteiger partial charge is 0.223 e. The zero-order chi connectivity index (χ0) is 13.0. The number of aromatic nitrogens is 5. The molecule has 0 aliphatic rings. The Hall–Kier alpha value is -1.63. The summed E-state index contributed by atoms with van der Waals surface area (Å²) in [5.41, 5.74) is 1.03. The maximum Gasteiger partial charge on any atom is 0.223 e. The number of nitrogens with zero attached hydrogens (tertiary/aromatic N) is 5. The van der Waals surface area contributed by atoms with Gasteiger partial charge in [0, 0.05) is 25.4 Å². The summed E-state index contributed by atoms with van der Waals surface area (Å²) in [7, 11) is 1.86. The van der Waals surface area contributed by atoms with Crippen molar-refractivity contribution >= 4 is 17.7 Å². The fourth-order valence-corrected chi connectivity index (χ4v) is 2.11. The molecule has 2 heterocycles. The van der Waals surface area contributed by atoms with Crippen LogP contribution in [0.2, 0.25) is 0 Å². The molecule has 0 saturated carbocycles. The van der Waals surface area contributed by atoms with Gasteiger partial charge in [0.1, 0.15) is 11.4 Å². The molecule has 0 aromatic carbocycles. The summed E-state index contributed by atoms with van der Waals surface area (Å²) in [5.74, 6) is 0.659. The highest BCUT2D eigenvalue weighted by Crippen LogP contribution is 2.26. The van der Waals surface area contributed by atoms with E-state index in [1.54, 1.807) is 4.68 Å². The molecule has 0 bridgehead atoms. The van der Waals surface area contributed by atoms with Gasteiger partial charge in [-0.05, 0) is 25.1 Å². The monoisotopic (exact) mass is 264 g/mol. The molecule has 2 aromatic heterocycles. The van der Waals surface area contributed by atoms with Crippen LogP contribution >= 0.6 is 11.8 Å². The van der Waals surface area contributed by atoms with Crippen molar-refractivity contribution in [1.82, 2.24) is 24.7 Å². The molecule has 96 valence electrons. The minimum atomic E-state index is 0.659. The van der Waals surface area contributed by atoms with E-state index in [1.807, 2.05) is 20.2 Å². The standard InChI is InChI=1S/C11H16N6S/c1-4-5-12-10-13-6-8(2)9(16-10)18-11-14-7-15-17(11)3/h6-7H,4-5H2,1-3H3,(H,12,13,16). The zero-order valence-electron chi connectivity index (χ0n) is 10.7. The van der Waals surface area contributed by atoms with E-state index >= 15 is 0 Å². The molecular formula is C11H16N6S. The van der Waals surface area contributed by atoms with Crippen molar-refractivity contribution in [3.63, 3.8) is 0 Å². The van der Waals surface area contributed by atoms with Crippen LogP contribution in [-0.2, 0) is 7.05 Å². The van der Waals surface area contributed by atoms with Crippen molar-refractivity contribution in [2.75, 3.05) is 11.9 Å². The van der Waals surface area contributed by atoms with E-state index in [9.17, 15) is 0 Å².